The number of methoxy groups -OCH3 is 1. The van der Waals surface area contributed by atoms with Gasteiger partial charge in [-0.25, -0.2) is 13.2 Å². The van der Waals surface area contributed by atoms with E-state index in [0.29, 0.717) is 11.4 Å². The summed E-state index contributed by atoms with van der Waals surface area (Å²) in [5, 5.41) is 18.3. The van der Waals surface area contributed by atoms with Crippen molar-refractivity contribution in [2.75, 3.05) is 11.8 Å². The molecule has 2 rings (SSSR count). The molecule has 0 amide bonds. The second kappa shape index (κ2) is 5.94. The standard InChI is InChI=1S/C14H13NO6S/c1-21-10-4-2-9(3-5-10)15-22(19,20)11-6-7-13(16)12(8-11)14(17)18/h2-8,15-16H,1H3,(H,17,18). The van der Waals surface area contributed by atoms with Crippen LogP contribution in [0.4, 0.5) is 5.69 Å². The lowest BCUT2D eigenvalue weighted by Gasteiger charge is -2.10. The zero-order valence-corrected chi connectivity index (χ0v) is 12.3. The van der Waals surface area contributed by atoms with Crippen LogP contribution in [0.15, 0.2) is 47.4 Å². The minimum absolute atomic E-state index is 0.265. The van der Waals surface area contributed by atoms with Gasteiger partial charge in [0.2, 0.25) is 0 Å². The number of carboxylic acids is 1. The highest BCUT2D eigenvalue weighted by Crippen LogP contribution is 2.24. The molecule has 0 aliphatic carbocycles. The molecule has 2 aromatic rings. The summed E-state index contributed by atoms with van der Waals surface area (Å²) < 4.78 is 31.7. The molecule has 116 valence electrons. The zero-order valence-electron chi connectivity index (χ0n) is 11.5. The number of aromatic carboxylic acids is 1. The number of rotatable bonds is 5. The van der Waals surface area contributed by atoms with Gasteiger partial charge in [0.15, 0.2) is 0 Å². The van der Waals surface area contributed by atoms with Crippen LogP contribution in [0.3, 0.4) is 0 Å². The summed E-state index contributed by atoms with van der Waals surface area (Å²) in [6, 6.07) is 9.21. The van der Waals surface area contributed by atoms with Crippen LogP contribution in [0.1, 0.15) is 10.4 Å². The number of sulfonamides is 1. The molecule has 3 N–H and O–H groups in total. The number of aromatic hydroxyl groups is 1. The first-order valence-electron chi connectivity index (χ1n) is 6.06. The molecule has 0 heterocycles. The second-order valence-corrected chi connectivity index (χ2v) is 6.00. The highest BCUT2D eigenvalue weighted by Gasteiger charge is 2.19. The van der Waals surface area contributed by atoms with Crippen LogP contribution in [-0.4, -0.2) is 31.7 Å². The summed E-state index contributed by atoms with van der Waals surface area (Å²) >= 11 is 0. The van der Waals surface area contributed by atoms with Crippen LogP contribution >= 0.6 is 0 Å². The summed E-state index contributed by atoms with van der Waals surface area (Å²) in [6.45, 7) is 0. The number of hydrogen-bond donors (Lipinski definition) is 3. The van der Waals surface area contributed by atoms with E-state index in [4.69, 9.17) is 9.84 Å². The topological polar surface area (TPSA) is 113 Å². The Balaban J connectivity index is 2.33. The summed E-state index contributed by atoms with van der Waals surface area (Å²) in [5.41, 5.74) is -0.191. The van der Waals surface area contributed by atoms with E-state index < -0.39 is 27.3 Å². The highest BCUT2D eigenvalue weighted by molar-refractivity contribution is 7.92. The monoisotopic (exact) mass is 323 g/mol. The first kappa shape index (κ1) is 15.6. The van der Waals surface area contributed by atoms with Crippen molar-refractivity contribution in [3.63, 3.8) is 0 Å². The molecule has 22 heavy (non-hydrogen) atoms. The van der Waals surface area contributed by atoms with Crippen LogP contribution in [0.2, 0.25) is 0 Å². The smallest absolute Gasteiger partial charge is 0.339 e. The van der Waals surface area contributed by atoms with E-state index in [9.17, 15) is 18.3 Å². The van der Waals surface area contributed by atoms with Crippen molar-refractivity contribution in [2.45, 2.75) is 4.90 Å². The molecule has 0 atom stereocenters. The van der Waals surface area contributed by atoms with Crippen molar-refractivity contribution >= 4 is 21.7 Å². The predicted octanol–water partition coefficient (Wildman–Crippen LogP) is 1.90. The van der Waals surface area contributed by atoms with E-state index in [1.54, 1.807) is 12.1 Å². The van der Waals surface area contributed by atoms with Crippen molar-refractivity contribution in [3.05, 3.63) is 48.0 Å². The van der Waals surface area contributed by atoms with E-state index in [0.717, 1.165) is 18.2 Å². The van der Waals surface area contributed by atoms with Gasteiger partial charge in [-0.15, -0.1) is 0 Å². The van der Waals surface area contributed by atoms with Crippen LogP contribution in [0.5, 0.6) is 11.5 Å². The van der Waals surface area contributed by atoms with Crippen molar-refractivity contribution in [3.8, 4) is 11.5 Å². The molecule has 0 aliphatic rings. The number of carboxylic acid groups (broad SMARTS) is 1. The lowest BCUT2D eigenvalue weighted by molar-refractivity contribution is 0.0693. The number of benzene rings is 2. The number of hydrogen-bond acceptors (Lipinski definition) is 5. The van der Waals surface area contributed by atoms with Crippen molar-refractivity contribution in [2.24, 2.45) is 0 Å². The van der Waals surface area contributed by atoms with Gasteiger partial charge in [-0.3, -0.25) is 4.72 Å². The van der Waals surface area contributed by atoms with Crippen molar-refractivity contribution < 1.29 is 28.2 Å². The molecule has 0 saturated heterocycles. The molecule has 0 saturated carbocycles. The third kappa shape index (κ3) is 3.29. The molecule has 0 aromatic heterocycles. The van der Waals surface area contributed by atoms with Crippen LogP contribution in [-0.2, 0) is 10.0 Å². The minimum atomic E-state index is -3.97. The molecule has 7 nitrogen and oxygen atoms in total. The zero-order chi connectivity index (χ0) is 16.3. The normalized spacial score (nSPS) is 11.0. The molecule has 0 unspecified atom stereocenters. The van der Waals surface area contributed by atoms with Gasteiger partial charge in [-0.05, 0) is 42.5 Å². The van der Waals surface area contributed by atoms with Crippen LogP contribution < -0.4 is 9.46 Å². The lowest BCUT2D eigenvalue weighted by Crippen LogP contribution is -2.13. The first-order valence-corrected chi connectivity index (χ1v) is 7.55. The fourth-order valence-electron chi connectivity index (χ4n) is 1.73. The van der Waals surface area contributed by atoms with Crippen molar-refractivity contribution in [1.82, 2.24) is 0 Å². The maximum Gasteiger partial charge on any atom is 0.339 e. The Morgan fingerprint density at radius 1 is 1.14 bits per heavy atom. The molecule has 0 radical (unpaired) electrons. The maximum absolute atomic E-state index is 12.2. The highest BCUT2D eigenvalue weighted by atomic mass is 32.2. The largest absolute Gasteiger partial charge is 0.507 e. The fraction of sp³-hybridized carbons (Fsp3) is 0.0714. The SMILES string of the molecule is COc1ccc(NS(=O)(=O)c2ccc(O)c(C(=O)O)c2)cc1. The Kier molecular flexibility index (Phi) is 4.22. The molecule has 2 aromatic carbocycles. The van der Waals surface area contributed by atoms with E-state index in [1.807, 2.05) is 0 Å². The predicted molar refractivity (Wildman–Crippen MR) is 78.9 cm³/mol. The van der Waals surface area contributed by atoms with E-state index in [1.165, 1.54) is 19.2 Å². The van der Waals surface area contributed by atoms with Gasteiger partial charge in [-0.1, -0.05) is 0 Å². The van der Waals surface area contributed by atoms with Gasteiger partial charge in [0, 0.05) is 5.69 Å². The van der Waals surface area contributed by atoms with E-state index >= 15 is 0 Å². The number of carbonyl (C=O) groups is 1. The third-order valence-corrected chi connectivity index (χ3v) is 4.23. The Hall–Kier alpha value is -2.74. The summed E-state index contributed by atoms with van der Waals surface area (Å²) in [5.74, 6) is -1.35. The van der Waals surface area contributed by atoms with E-state index in [-0.39, 0.29) is 4.90 Å². The molecular weight excluding hydrogens is 310 g/mol. The van der Waals surface area contributed by atoms with Gasteiger partial charge < -0.3 is 14.9 Å². The molecular formula is C14H13NO6S. The second-order valence-electron chi connectivity index (χ2n) is 4.32. The quantitative estimate of drug-likeness (QED) is 0.774. The third-order valence-electron chi connectivity index (χ3n) is 2.85. The summed E-state index contributed by atoms with van der Waals surface area (Å²) in [4.78, 5) is 10.7. The lowest BCUT2D eigenvalue weighted by atomic mass is 10.2. The number of anilines is 1. The van der Waals surface area contributed by atoms with E-state index in [2.05, 4.69) is 4.72 Å². The number of nitrogens with one attached hydrogen (secondary N) is 1. The molecule has 0 bridgehead atoms. The average Bonchev–Trinajstić information content (AvgIpc) is 2.47. The van der Waals surface area contributed by atoms with Gasteiger partial charge >= 0.3 is 5.97 Å². The first-order chi connectivity index (χ1) is 10.3. The average molecular weight is 323 g/mol. The number of phenols is 1. The molecule has 8 heteroatoms. The summed E-state index contributed by atoms with van der Waals surface area (Å²) in [7, 11) is -2.48. The fourth-order valence-corrected chi connectivity index (χ4v) is 2.81. The minimum Gasteiger partial charge on any atom is -0.507 e. The molecule has 0 fully saturated rings. The number of ether oxygens (including phenoxy) is 1. The Morgan fingerprint density at radius 3 is 2.32 bits per heavy atom. The molecule has 0 spiro atoms. The van der Waals surface area contributed by atoms with Crippen LogP contribution in [0.25, 0.3) is 0 Å². The van der Waals surface area contributed by atoms with Crippen LogP contribution in [0, 0.1) is 0 Å². The Morgan fingerprint density at radius 2 is 1.77 bits per heavy atom. The van der Waals surface area contributed by atoms with Crippen molar-refractivity contribution in [1.29, 1.82) is 0 Å². The maximum atomic E-state index is 12.2. The summed E-state index contributed by atoms with van der Waals surface area (Å²) in [6.07, 6.45) is 0. The van der Waals surface area contributed by atoms with Gasteiger partial charge in [0.05, 0.1) is 12.0 Å². The Bertz CT molecular complexity index is 799. The van der Waals surface area contributed by atoms with Gasteiger partial charge in [-0.2, -0.15) is 0 Å². The van der Waals surface area contributed by atoms with Gasteiger partial charge in [0.1, 0.15) is 17.1 Å². The van der Waals surface area contributed by atoms with Gasteiger partial charge in [0.25, 0.3) is 10.0 Å². The Labute approximate surface area is 126 Å². The molecule has 0 aliphatic heterocycles.